The van der Waals surface area contributed by atoms with Crippen LogP contribution >= 0.6 is 0 Å². The number of aromatic nitrogens is 2. The van der Waals surface area contributed by atoms with Crippen LogP contribution in [0.4, 0.5) is 8.78 Å². The number of halogens is 2. The average Bonchev–Trinajstić information content (AvgIpc) is 2.81. The number of imidazole rings is 1. The minimum atomic E-state index is -0.610. The molecule has 0 aliphatic heterocycles. The zero-order valence-corrected chi connectivity index (χ0v) is 11.0. The van der Waals surface area contributed by atoms with Gasteiger partial charge in [-0.3, -0.25) is 0 Å². The quantitative estimate of drug-likeness (QED) is 0.692. The summed E-state index contributed by atoms with van der Waals surface area (Å²) in [7, 11) is 0. The molecule has 0 aliphatic carbocycles. The normalized spacial score (nSPS) is 12.7. The van der Waals surface area contributed by atoms with Crippen molar-refractivity contribution in [3.05, 3.63) is 69.6 Å². The van der Waals surface area contributed by atoms with Gasteiger partial charge in [0.1, 0.15) is 11.6 Å². The van der Waals surface area contributed by atoms with Crippen molar-refractivity contribution in [1.29, 1.82) is 0 Å². The van der Waals surface area contributed by atoms with Gasteiger partial charge >= 0.3 is 5.69 Å². The second-order valence-corrected chi connectivity index (χ2v) is 4.89. The Morgan fingerprint density at radius 1 is 1.05 bits per heavy atom. The van der Waals surface area contributed by atoms with Crippen molar-refractivity contribution in [2.75, 3.05) is 0 Å². The Bertz CT molecular complexity index is 833. The fraction of sp³-hybridized carbons (Fsp3) is 0.133. The number of nitrogens with two attached hydrogens (primary N) is 1. The lowest BCUT2D eigenvalue weighted by Crippen LogP contribution is -2.15. The molecule has 0 amide bonds. The molecule has 2 aromatic carbocycles. The van der Waals surface area contributed by atoms with Crippen LogP contribution in [-0.2, 0) is 6.42 Å². The Morgan fingerprint density at radius 3 is 2.43 bits per heavy atom. The van der Waals surface area contributed by atoms with Gasteiger partial charge in [0.15, 0.2) is 0 Å². The van der Waals surface area contributed by atoms with E-state index in [9.17, 15) is 13.6 Å². The number of H-pyrrole nitrogens is 2. The second kappa shape index (κ2) is 5.14. The highest BCUT2D eigenvalue weighted by Gasteiger charge is 2.15. The fourth-order valence-electron chi connectivity index (χ4n) is 2.35. The Hall–Kier alpha value is -2.47. The molecule has 108 valence electrons. The van der Waals surface area contributed by atoms with Crippen LogP contribution < -0.4 is 11.4 Å². The van der Waals surface area contributed by atoms with E-state index in [1.165, 1.54) is 18.2 Å². The number of hydrogen-bond donors (Lipinski definition) is 3. The standard InChI is InChI=1S/C15H13F2N3O/c16-10-2-1-3-11(17)9(10)7-12(18)8-4-5-13-14(6-8)20-15(21)19-13/h1-6,12H,7,18H2,(H2,19,20,21). The molecule has 1 atom stereocenters. The molecule has 4 nitrogen and oxygen atoms in total. The molecule has 0 saturated carbocycles. The lowest BCUT2D eigenvalue weighted by atomic mass is 9.98. The fourth-order valence-corrected chi connectivity index (χ4v) is 2.35. The first-order valence-corrected chi connectivity index (χ1v) is 6.45. The molecular weight excluding hydrogens is 276 g/mol. The summed E-state index contributed by atoms with van der Waals surface area (Å²) in [5.41, 5.74) is 7.65. The molecule has 1 heterocycles. The number of nitrogens with one attached hydrogen (secondary N) is 2. The molecule has 3 rings (SSSR count). The maximum Gasteiger partial charge on any atom is 0.323 e. The summed E-state index contributed by atoms with van der Waals surface area (Å²) in [5.74, 6) is -1.22. The van der Waals surface area contributed by atoms with Crippen LogP contribution in [0.5, 0.6) is 0 Å². The summed E-state index contributed by atoms with van der Waals surface area (Å²) in [4.78, 5) is 16.5. The van der Waals surface area contributed by atoms with Crippen molar-refractivity contribution in [3.63, 3.8) is 0 Å². The molecule has 0 radical (unpaired) electrons. The predicted molar refractivity (Wildman–Crippen MR) is 75.9 cm³/mol. The lowest BCUT2D eigenvalue weighted by Gasteiger charge is -2.13. The summed E-state index contributed by atoms with van der Waals surface area (Å²) in [6, 6.07) is 8.30. The van der Waals surface area contributed by atoms with E-state index in [1.807, 2.05) is 0 Å². The zero-order chi connectivity index (χ0) is 15.0. The maximum atomic E-state index is 13.6. The summed E-state index contributed by atoms with van der Waals surface area (Å²) < 4.78 is 27.3. The molecule has 3 aromatic rings. The average molecular weight is 289 g/mol. The van der Waals surface area contributed by atoms with E-state index >= 15 is 0 Å². The molecule has 0 fully saturated rings. The van der Waals surface area contributed by atoms with Crippen LogP contribution in [0.25, 0.3) is 11.0 Å². The SMILES string of the molecule is NC(Cc1c(F)cccc1F)c1ccc2[nH]c(=O)[nH]c2c1. The van der Waals surface area contributed by atoms with Gasteiger partial charge in [0.2, 0.25) is 0 Å². The number of hydrogen-bond acceptors (Lipinski definition) is 2. The van der Waals surface area contributed by atoms with Crippen LogP contribution in [0.15, 0.2) is 41.2 Å². The lowest BCUT2D eigenvalue weighted by molar-refractivity contribution is 0.540. The van der Waals surface area contributed by atoms with Crippen molar-refractivity contribution in [1.82, 2.24) is 9.97 Å². The van der Waals surface area contributed by atoms with Crippen LogP contribution in [0.3, 0.4) is 0 Å². The molecule has 0 saturated heterocycles. The Balaban J connectivity index is 1.93. The van der Waals surface area contributed by atoms with E-state index in [0.717, 1.165) is 0 Å². The summed E-state index contributed by atoms with van der Waals surface area (Å²) in [6.45, 7) is 0. The van der Waals surface area contributed by atoms with Crippen LogP contribution in [0.2, 0.25) is 0 Å². The predicted octanol–water partition coefficient (Wildman–Crippen LogP) is 2.38. The first-order chi connectivity index (χ1) is 10.0. The van der Waals surface area contributed by atoms with Crippen molar-refractivity contribution in [2.24, 2.45) is 5.73 Å². The first-order valence-electron chi connectivity index (χ1n) is 6.45. The Labute approximate surface area is 118 Å². The van der Waals surface area contributed by atoms with E-state index in [2.05, 4.69) is 9.97 Å². The van der Waals surface area contributed by atoms with Crippen molar-refractivity contribution < 1.29 is 8.78 Å². The van der Waals surface area contributed by atoms with Gasteiger partial charge in [0.25, 0.3) is 0 Å². The Kier molecular flexibility index (Phi) is 3.31. The van der Waals surface area contributed by atoms with Gasteiger partial charge < -0.3 is 15.7 Å². The third-order valence-electron chi connectivity index (χ3n) is 3.45. The highest BCUT2D eigenvalue weighted by atomic mass is 19.1. The second-order valence-electron chi connectivity index (χ2n) is 4.89. The van der Waals surface area contributed by atoms with Crippen molar-refractivity contribution in [3.8, 4) is 0 Å². The molecule has 4 N–H and O–H groups in total. The van der Waals surface area contributed by atoms with Gasteiger partial charge in [-0.15, -0.1) is 0 Å². The van der Waals surface area contributed by atoms with Gasteiger partial charge in [-0.1, -0.05) is 12.1 Å². The molecular formula is C15H13F2N3O. The minimum absolute atomic E-state index is 0.0346. The highest BCUT2D eigenvalue weighted by molar-refractivity contribution is 5.75. The monoisotopic (exact) mass is 289 g/mol. The van der Waals surface area contributed by atoms with Gasteiger partial charge in [0.05, 0.1) is 11.0 Å². The smallest absolute Gasteiger partial charge is 0.323 e. The molecule has 0 aliphatic rings. The van der Waals surface area contributed by atoms with Crippen LogP contribution in [-0.4, -0.2) is 9.97 Å². The topological polar surface area (TPSA) is 74.7 Å². The summed E-state index contributed by atoms with van der Waals surface area (Å²) in [5, 5.41) is 0. The molecule has 0 bridgehead atoms. The largest absolute Gasteiger partial charge is 0.324 e. The Morgan fingerprint density at radius 2 is 1.71 bits per heavy atom. The van der Waals surface area contributed by atoms with Gasteiger partial charge in [-0.2, -0.15) is 0 Å². The van der Waals surface area contributed by atoms with Gasteiger partial charge in [-0.25, -0.2) is 13.6 Å². The maximum absolute atomic E-state index is 13.6. The zero-order valence-electron chi connectivity index (χ0n) is 11.0. The third kappa shape index (κ3) is 2.57. The summed E-state index contributed by atoms with van der Waals surface area (Å²) >= 11 is 0. The van der Waals surface area contributed by atoms with E-state index < -0.39 is 17.7 Å². The third-order valence-corrected chi connectivity index (χ3v) is 3.45. The molecule has 6 heteroatoms. The van der Waals surface area contributed by atoms with Crippen molar-refractivity contribution >= 4 is 11.0 Å². The number of rotatable bonds is 3. The van der Waals surface area contributed by atoms with Gasteiger partial charge in [-0.05, 0) is 36.2 Å². The molecule has 1 unspecified atom stereocenters. The van der Waals surface area contributed by atoms with E-state index in [-0.39, 0.29) is 17.7 Å². The minimum Gasteiger partial charge on any atom is -0.324 e. The first kappa shape index (κ1) is 13.5. The van der Waals surface area contributed by atoms with Crippen molar-refractivity contribution in [2.45, 2.75) is 12.5 Å². The van der Waals surface area contributed by atoms with E-state index in [1.54, 1.807) is 18.2 Å². The van der Waals surface area contributed by atoms with E-state index in [4.69, 9.17) is 5.73 Å². The van der Waals surface area contributed by atoms with Crippen LogP contribution in [0, 0.1) is 11.6 Å². The molecule has 21 heavy (non-hydrogen) atoms. The number of fused-ring (bicyclic) bond motifs is 1. The molecule has 1 aromatic heterocycles. The number of benzene rings is 2. The number of aromatic amines is 2. The van der Waals surface area contributed by atoms with Crippen LogP contribution in [0.1, 0.15) is 17.2 Å². The summed E-state index contributed by atoms with van der Waals surface area (Å²) in [6.07, 6.45) is 0.0403. The molecule has 0 spiro atoms. The van der Waals surface area contributed by atoms with Gasteiger partial charge in [0, 0.05) is 11.6 Å². The highest BCUT2D eigenvalue weighted by Crippen LogP contribution is 2.22. The van der Waals surface area contributed by atoms with E-state index in [0.29, 0.717) is 16.6 Å².